The van der Waals surface area contributed by atoms with Crippen LogP contribution in [0, 0.1) is 0 Å². The van der Waals surface area contributed by atoms with Gasteiger partial charge in [0.15, 0.2) is 0 Å². The van der Waals surface area contributed by atoms with Gasteiger partial charge in [-0.05, 0) is 25.5 Å². The van der Waals surface area contributed by atoms with Gasteiger partial charge in [-0.2, -0.15) is 0 Å². The number of hydrogen-bond acceptors (Lipinski definition) is 5. The predicted octanol–water partition coefficient (Wildman–Crippen LogP) is 2.84. The SMILES string of the molecule is COC(=O)c1cncc2ccn(S(=O)(=O)C3(C)C=CC(Cl)=CC3)c12. The Hall–Kier alpha value is -2.12. The number of hydrogen-bond donors (Lipinski definition) is 0. The molecule has 2 heterocycles. The molecule has 0 aromatic carbocycles. The number of fused-ring (bicyclic) bond motifs is 1. The molecule has 3 rings (SSSR count). The molecule has 0 saturated heterocycles. The lowest BCUT2D eigenvalue weighted by Crippen LogP contribution is -2.38. The first-order valence-electron chi connectivity index (χ1n) is 7.13. The van der Waals surface area contributed by atoms with Gasteiger partial charge in [0, 0.05) is 29.0 Å². The van der Waals surface area contributed by atoms with Crippen LogP contribution in [-0.2, 0) is 14.8 Å². The minimum atomic E-state index is -3.84. The van der Waals surface area contributed by atoms with E-state index in [2.05, 4.69) is 4.98 Å². The molecule has 0 radical (unpaired) electrons. The number of esters is 1. The molecule has 6 nitrogen and oxygen atoms in total. The molecule has 0 amide bonds. The van der Waals surface area contributed by atoms with Crippen molar-refractivity contribution in [1.82, 2.24) is 8.96 Å². The number of ether oxygens (including phenoxy) is 1. The van der Waals surface area contributed by atoms with Crippen LogP contribution in [0.2, 0.25) is 0 Å². The zero-order valence-corrected chi connectivity index (χ0v) is 14.6. The average molecular weight is 367 g/mol. The summed E-state index contributed by atoms with van der Waals surface area (Å²) in [5.74, 6) is -0.643. The van der Waals surface area contributed by atoms with E-state index in [-0.39, 0.29) is 17.5 Å². The number of allylic oxidation sites excluding steroid dienone is 3. The Kier molecular flexibility index (Phi) is 4.01. The Labute approximate surface area is 144 Å². The van der Waals surface area contributed by atoms with Crippen LogP contribution in [-0.4, -0.2) is 35.2 Å². The van der Waals surface area contributed by atoms with Crippen LogP contribution in [0.3, 0.4) is 0 Å². The van der Waals surface area contributed by atoms with E-state index in [1.807, 2.05) is 0 Å². The number of carbonyl (C=O) groups excluding carboxylic acids is 1. The first-order valence-corrected chi connectivity index (χ1v) is 8.95. The van der Waals surface area contributed by atoms with Crippen molar-refractivity contribution in [2.45, 2.75) is 18.1 Å². The summed E-state index contributed by atoms with van der Waals surface area (Å²) in [6.07, 6.45) is 9.26. The molecule has 24 heavy (non-hydrogen) atoms. The molecule has 0 saturated carbocycles. The summed E-state index contributed by atoms with van der Waals surface area (Å²) in [6, 6.07) is 1.60. The van der Waals surface area contributed by atoms with Gasteiger partial charge in [-0.3, -0.25) is 4.98 Å². The minimum Gasteiger partial charge on any atom is -0.465 e. The summed E-state index contributed by atoms with van der Waals surface area (Å²) in [4.78, 5) is 16.0. The number of carbonyl (C=O) groups is 1. The van der Waals surface area contributed by atoms with Crippen LogP contribution in [0.15, 0.2) is 47.9 Å². The van der Waals surface area contributed by atoms with Crippen LogP contribution in [0.25, 0.3) is 10.9 Å². The van der Waals surface area contributed by atoms with Gasteiger partial charge >= 0.3 is 5.97 Å². The van der Waals surface area contributed by atoms with Gasteiger partial charge < -0.3 is 4.74 Å². The van der Waals surface area contributed by atoms with Gasteiger partial charge in [-0.1, -0.05) is 23.8 Å². The van der Waals surface area contributed by atoms with Crippen molar-refractivity contribution in [1.29, 1.82) is 0 Å². The lowest BCUT2D eigenvalue weighted by atomic mass is 10.0. The normalized spacial score (nSPS) is 20.9. The predicted molar refractivity (Wildman–Crippen MR) is 91.5 cm³/mol. The Morgan fingerprint density at radius 1 is 1.42 bits per heavy atom. The number of nitrogens with zero attached hydrogens (tertiary/aromatic N) is 2. The van der Waals surface area contributed by atoms with E-state index in [9.17, 15) is 13.2 Å². The summed E-state index contributed by atoms with van der Waals surface area (Å²) >= 11 is 5.90. The van der Waals surface area contributed by atoms with Crippen LogP contribution < -0.4 is 0 Å². The molecule has 0 spiro atoms. The van der Waals surface area contributed by atoms with E-state index in [0.717, 1.165) is 3.97 Å². The van der Waals surface area contributed by atoms with Gasteiger partial charge in [0.1, 0.15) is 10.3 Å². The second-order valence-electron chi connectivity index (χ2n) is 5.67. The molecule has 1 aliphatic carbocycles. The summed E-state index contributed by atoms with van der Waals surface area (Å²) in [6.45, 7) is 1.61. The van der Waals surface area contributed by atoms with Crippen molar-refractivity contribution in [3.8, 4) is 0 Å². The van der Waals surface area contributed by atoms with E-state index in [4.69, 9.17) is 16.3 Å². The molecule has 1 aliphatic rings. The van der Waals surface area contributed by atoms with Crippen molar-refractivity contribution in [3.63, 3.8) is 0 Å². The third-order valence-corrected chi connectivity index (χ3v) is 6.69. The zero-order chi connectivity index (χ0) is 17.5. The molecule has 8 heteroatoms. The Morgan fingerprint density at radius 2 is 2.17 bits per heavy atom. The fourth-order valence-electron chi connectivity index (χ4n) is 2.63. The highest BCUT2D eigenvalue weighted by Crippen LogP contribution is 2.34. The van der Waals surface area contributed by atoms with E-state index in [0.29, 0.717) is 10.4 Å². The minimum absolute atomic E-state index is 0.0977. The monoisotopic (exact) mass is 366 g/mol. The Bertz CT molecular complexity index is 991. The quantitative estimate of drug-likeness (QED) is 0.780. The number of halogens is 1. The molecule has 0 N–H and O–H groups in total. The molecule has 2 aromatic heterocycles. The Balaban J connectivity index is 2.23. The van der Waals surface area contributed by atoms with Crippen molar-refractivity contribution in [3.05, 3.63) is 53.5 Å². The van der Waals surface area contributed by atoms with E-state index >= 15 is 0 Å². The van der Waals surface area contributed by atoms with Gasteiger partial charge in [-0.25, -0.2) is 17.2 Å². The molecule has 0 aliphatic heterocycles. The maximum absolute atomic E-state index is 13.2. The second-order valence-corrected chi connectivity index (χ2v) is 8.38. The highest BCUT2D eigenvalue weighted by molar-refractivity contribution is 7.91. The smallest absolute Gasteiger partial charge is 0.341 e. The maximum atomic E-state index is 13.2. The van der Waals surface area contributed by atoms with Crippen LogP contribution in [0.4, 0.5) is 0 Å². The summed E-state index contributed by atoms with van der Waals surface area (Å²) in [7, 11) is -2.60. The van der Waals surface area contributed by atoms with Crippen molar-refractivity contribution < 1.29 is 17.9 Å². The summed E-state index contributed by atoms with van der Waals surface area (Å²) < 4.78 is 31.1. The number of pyridine rings is 1. The lowest BCUT2D eigenvalue weighted by Gasteiger charge is -2.28. The van der Waals surface area contributed by atoms with Crippen LogP contribution in [0.5, 0.6) is 0 Å². The molecule has 1 atom stereocenters. The highest BCUT2D eigenvalue weighted by Gasteiger charge is 2.39. The second kappa shape index (κ2) is 5.75. The van der Waals surface area contributed by atoms with Gasteiger partial charge in [0.25, 0.3) is 0 Å². The van der Waals surface area contributed by atoms with Crippen LogP contribution >= 0.6 is 11.6 Å². The molecule has 0 fully saturated rings. The standard InChI is InChI=1S/C16H15ClN2O4S/c1-16(6-3-12(17)4-7-16)24(21,22)19-8-5-11-9-18-10-13(14(11)19)15(20)23-2/h3-6,8-10H,7H2,1-2H3. The van der Waals surface area contributed by atoms with Crippen LogP contribution in [0.1, 0.15) is 23.7 Å². The molecule has 1 unspecified atom stereocenters. The van der Waals surface area contributed by atoms with Crippen molar-refractivity contribution >= 4 is 38.5 Å². The van der Waals surface area contributed by atoms with E-state index < -0.39 is 20.7 Å². The zero-order valence-electron chi connectivity index (χ0n) is 13.1. The highest BCUT2D eigenvalue weighted by atomic mass is 35.5. The third-order valence-electron chi connectivity index (χ3n) is 4.11. The molecule has 126 valence electrons. The fraction of sp³-hybridized carbons (Fsp3) is 0.250. The molecular formula is C16H15ClN2O4S. The van der Waals surface area contributed by atoms with E-state index in [1.165, 1.54) is 25.7 Å². The number of methoxy groups -OCH3 is 1. The maximum Gasteiger partial charge on any atom is 0.341 e. The average Bonchev–Trinajstić information content (AvgIpc) is 3.01. The molecular weight excluding hydrogens is 352 g/mol. The molecule has 0 bridgehead atoms. The Morgan fingerprint density at radius 3 is 2.79 bits per heavy atom. The largest absolute Gasteiger partial charge is 0.465 e. The van der Waals surface area contributed by atoms with Gasteiger partial charge in [0.05, 0.1) is 12.6 Å². The first kappa shape index (κ1) is 16.7. The fourth-order valence-corrected chi connectivity index (χ4v) is 4.42. The first-order chi connectivity index (χ1) is 11.3. The van der Waals surface area contributed by atoms with Gasteiger partial charge in [-0.15, -0.1) is 0 Å². The summed E-state index contributed by atoms with van der Waals surface area (Å²) in [5.41, 5.74) is 0.354. The van der Waals surface area contributed by atoms with Crippen molar-refractivity contribution in [2.75, 3.05) is 7.11 Å². The molecule has 2 aromatic rings. The summed E-state index contributed by atoms with van der Waals surface area (Å²) in [5, 5.41) is 1.04. The van der Waals surface area contributed by atoms with Gasteiger partial charge in [0.2, 0.25) is 10.0 Å². The van der Waals surface area contributed by atoms with E-state index in [1.54, 1.807) is 31.2 Å². The third kappa shape index (κ3) is 2.44. The lowest BCUT2D eigenvalue weighted by molar-refractivity contribution is 0.0602. The topological polar surface area (TPSA) is 78.3 Å². The van der Waals surface area contributed by atoms with Crippen molar-refractivity contribution in [2.24, 2.45) is 0 Å². The number of aromatic nitrogens is 2. The number of rotatable bonds is 3.